The lowest BCUT2D eigenvalue weighted by molar-refractivity contribution is -0.147. The van der Waals surface area contributed by atoms with Crippen molar-refractivity contribution in [2.75, 3.05) is 6.54 Å². The van der Waals surface area contributed by atoms with E-state index < -0.39 is 12.0 Å². The molecule has 0 fully saturated rings. The maximum absolute atomic E-state index is 12.4. The summed E-state index contributed by atoms with van der Waals surface area (Å²) < 4.78 is 39.7. The van der Waals surface area contributed by atoms with Crippen LogP contribution >= 0.6 is 12.8 Å². The molecule has 1 aromatic rings. The predicted molar refractivity (Wildman–Crippen MR) is 44.4 cm³/mol. The van der Waals surface area contributed by atoms with Gasteiger partial charge in [-0.25, -0.2) is 4.31 Å². The minimum atomic E-state index is -4.43. The van der Waals surface area contributed by atoms with Gasteiger partial charge in [0.05, 0.1) is 6.54 Å². The Hall–Kier alpha value is -0.760. The summed E-state index contributed by atoms with van der Waals surface area (Å²) >= 11 is 4.04. The maximum Gasteiger partial charge on any atom is 0.451 e. The largest absolute Gasteiger partial charge is 0.451 e. The topological polar surface area (TPSA) is 34.0 Å². The quantitative estimate of drug-likeness (QED) is 0.666. The molecule has 0 amide bonds. The van der Waals surface area contributed by atoms with E-state index in [4.69, 9.17) is 0 Å². The van der Waals surface area contributed by atoms with Crippen molar-refractivity contribution in [1.29, 1.82) is 0 Å². The zero-order valence-electron chi connectivity index (χ0n) is 6.99. The molecule has 78 valence electrons. The summed E-state index contributed by atoms with van der Waals surface area (Å²) in [6, 6.07) is 0. The first kappa shape index (κ1) is 9.78. The van der Waals surface area contributed by atoms with Crippen molar-refractivity contribution in [3.8, 4) is 0 Å². The molecule has 0 radical (unpaired) electrons. The van der Waals surface area contributed by atoms with E-state index in [1.54, 1.807) is 4.31 Å². The molecule has 4 nitrogen and oxygen atoms in total. The van der Waals surface area contributed by atoms with Gasteiger partial charge in [0.1, 0.15) is 5.82 Å². The van der Waals surface area contributed by atoms with Crippen LogP contribution in [0.15, 0.2) is 0 Å². The van der Waals surface area contributed by atoms with Crippen molar-refractivity contribution in [3.05, 3.63) is 11.6 Å². The van der Waals surface area contributed by atoms with Crippen LogP contribution in [-0.2, 0) is 19.3 Å². The normalized spacial score (nSPS) is 18.3. The van der Waals surface area contributed by atoms with Crippen LogP contribution in [0.4, 0.5) is 13.2 Å². The summed E-state index contributed by atoms with van der Waals surface area (Å²) in [5, 5.41) is 6.61. The van der Waals surface area contributed by atoms with Gasteiger partial charge in [0.15, 0.2) is 0 Å². The standard InChI is InChI=1S/C6H7F3N4S/c7-6(8,9)5-11-10-4-3-12(14)1-2-13(4)5/h14H,1-3H2. The van der Waals surface area contributed by atoms with Crippen LogP contribution in [-0.4, -0.2) is 25.6 Å². The predicted octanol–water partition coefficient (Wildman–Crippen LogP) is 0.957. The van der Waals surface area contributed by atoms with Crippen molar-refractivity contribution in [2.24, 2.45) is 0 Å². The minimum absolute atomic E-state index is 0.223. The number of alkyl halides is 3. The SMILES string of the molecule is FC(F)(F)c1nnc2n1CCN(S)C2. The Morgan fingerprint density at radius 2 is 1.93 bits per heavy atom. The molecule has 0 spiro atoms. The minimum Gasteiger partial charge on any atom is -0.305 e. The van der Waals surface area contributed by atoms with Gasteiger partial charge in [-0.15, -0.1) is 10.2 Å². The third kappa shape index (κ3) is 1.59. The third-order valence-electron chi connectivity index (χ3n) is 1.99. The van der Waals surface area contributed by atoms with E-state index >= 15 is 0 Å². The van der Waals surface area contributed by atoms with Gasteiger partial charge >= 0.3 is 6.18 Å². The van der Waals surface area contributed by atoms with Crippen LogP contribution in [0.2, 0.25) is 0 Å². The molecule has 0 saturated heterocycles. The average Bonchev–Trinajstić information content (AvgIpc) is 2.45. The summed E-state index contributed by atoms with van der Waals surface area (Å²) in [5.41, 5.74) is 0. The highest BCUT2D eigenvalue weighted by Crippen LogP contribution is 2.29. The molecule has 0 N–H and O–H groups in total. The number of thiol groups is 1. The number of hydrogen-bond acceptors (Lipinski definition) is 4. The molecule has 0 saturated carbocycles. The molecule has 0 aromatic carbocycles. The zero-order valence-corrected chi connectivity index (χ0v) is 7.89. The summed E-state index contributed by atoms with van der Waals surface area (Å²) in [6.45, 7) is 0.962. The first-order valence-corrected chi connectivity index (χ1v) is 4.31. The van der Waals surface area contributed by atoms with Gasteiger partial charge in [-0.3, -0.25) is 0 Å². The first-order valence-electron chi connectivity index (χ1n) is 3.91. The monoisotopic (exact) mass is 224 g/mol. The number of halogens is 3. The molecule has 1 aromatic heterocycles. The lowest BCUT2D eigenvalue weighted by Gasteiger charge is -2.22. The maximum atomic E-state index is 12.4. The first-order chi connectivity index (χ1) is 6.48. The van der Waals surface area contributed by atoms with Gasteiger partial charge in [-0.2, -0.15) is 13.2 Å². The van der Waals surface area contributed by atoms with Gasteiger partial charge < -0.3 is 4.57 Å². The molecular weight excluding hydrogens is 217 g/mol. The molecule has 2 heterocycles. The number of aromatic nitrogens is 3. The van der Waals surface area contributed by atoms with Crippen LogP contribution in [0, 0.1) is 0 Å². The third-order valence-corrected chi connectivity index (χ3v) is 2.33. The van der Waals surface area contributed by atoms with E-state index in [-0.39, 0.29) is 13.1 Å². The van der Waals surface area contributed by atoms with Gasteiger partial charge in [-0.1, -0.05) is 12.8 Å². The van der Waals surface area contributed by atoms with E-state index in [1.165, 1.54) is 0 Å². The second kappa shape index (κ2) is 3.13. The Labute approximate surface area is 83.3 Å². The molecule has 1 aliphatic heterocycles. The molecule has 0 unspecified atom stereocenters. The van der Waals surface area contributed by atoms with E-state index in [1.807, 2.05) is 0 Å². The van der Waals surface area contributed by atoms with Crippen molar-refractivity contribution in [3.63, 3.8) is 0 Å². The van der Waals surface area contributed by atoms with Crippen molar-refractivity contribution in [2.45, 2.75) is 19.3 Å². The Kier molecular flexibility index (Phi) is 2.18. The fourth-order valence-electron chi connectivity index (χ4n) is 1.35. The molecule has 0 bridgehead atoms. The molecule has 1 aliphatic rings. The van der Waals surface area contributed by atoms with Crippen molar-refractivity contribution < 1.29 is 13.2 Å². The molecule has 8 heteroatoms. The Morgan fingerprint density at radius 3 is 2.57 bits per heavy atom. The number of rotatable bonds is 0. The molecule has 14 heavy (non-hydrogen) atoms. The van der Waals surface area contributed by atoms with E-state index in [9.17, 15) is 13.2 Å². The lowest BCUT2D eigenvalue weighted by atomic mass is 10.4. The zero-order chi connectivity index (χ0) is 10.3. The summed E-state index contributed by atoms with van der Waals surface area (Å²) in [5.74, 6) is -0.618. The Balaban J connectivity index is 2.38. The van der Waals surface area contributed by atoms with Gasteiger partial charge in [0, 0.05) is 13.1 Å². The van der Waals surface area contributed by atoms with Crippen LogP contribution in [0.1, 0.15) is 11.6 Å². The second-order valence-electron chi connectivity index (χ2n) is 2.98. The summed E-state index contributed by atoms with van der Waals surface area (Å²) in [6.07, 6.45) is -4.43. The lowest BCUT2D eigenvalue weighted by Crippen LogP contribution is -2.29. The van der Waals surface area contributed by atoms with E-state index in [2.05, 4.69) is 23.0 Å². The number of fused-ring (bicyclic) bond motifs is 1. The highest BCUT2D eigenvalue weighted by molar-refractivity contribution is 7.77. The Bertz CT molecular complexity index is 347. The van der Waals surface area contributed by atoms with Crippen LogP contribution in [0.3, 0.4) is 0 Å². The smallest absolute Gasteiger partial charge is 0.305 e. The molecule has 0 aliphatic carbocycles. The van der Waals surface area contributed by atoms with Gasteiger partial charge in [-0.05, 0) is 0 Å². The Morgan fingerprint density at radius 1 is 1.21 bits per heavy atom. The second-order valence-corrected chi connectivity index (χ2v) is 3.54. The van der Waals surface area contributed by atoms with Crippen LogP contribution < -0.4 is 0 Å². The number of hydrogen-bond donors (Lipinski definition) is 1. The van der Waals surface area contributed by atoms with E-state index in [0.29, 0.717) is 12.4 Å². The van der Waals surface area contributed by atoms with Crippen molar-refractivity contribution >= 4 is 12.8 Å². The molecular formula is C6H7F3N4S. The van der Waals surface area contributed by atoms with E-state index in [0.717, 1.165) is 4.57 Å². The fourth-order valence-corrected chi connectivity index (χ4v) is 1.57. The average molecular weight is 224 g/mol. The van der Waals surface area contributed by atoms with Gasteiger partial charge in [0.25, 0.3) is 0 Å². The van der Waals surface area contributed by atoms with Crippen molar-refractivity contribution in [1.82, 2.24) is 19.1 Å². The summed E-state index contributed by atoms with van der Waals surface area (Å²) in [7, 11) is 0. The fraction of sp³-hybridized carbons (Fsp3) is 0.667. The molecule has 0 atom stereocenters. The summed E-state index contributed by atoms with van der Waals surface area (Å²) in [4.78, 5) is 0. The van der Waals surface area contributed by atoms with Crippen LogP contribution in [0.25, 0.3) is 0 Å². The number of nitrogens with zero attached hydrogens (tertiary/aromatic N) is 4. The highest BCUT2D eigenvalue weighted by atomic mass is 32.1. The van der Waals surface area contributed by atoms with Gasteiger partial charge in [0.2, 0.25) is 5.82 Å². The molecule has 2 rings (SSSR count). The van der Waals surface area contributed by atoms with Crippen LogP contribution in [0.5, 0.6) is 0 Å². The highest BCUT2D eigenvalue weighted by Gasteiger charge is 2.39.